The zero-order chi connectivity index (χ0) is 12.5. The fourth-order valence-electron chi connectivity index (χ4n) is 1.62. The molecule has 0 aliphatic heterocycles. The highest BCUT2D eigenvalue weighted by Gasteiger charge is 2.01. The van der Waals surface area contributed by atoms with E-state index in [9.17, 15) is 0 Å². The first-order chi connectivity index (χ1) is 8.27. The molecule has 0 aliphatic carbocycles. The predicted molar refractivity (Wildman–Crippen MR) is 74.8 cm³/mol. The van der Waals surface area contributed by atoms with Crippen LogP contribution in [0.2, 0.25) is 0 Å². The van der Waals surface area contributed by atoms with Crippen LogP contribution < -0.4 is 0 Å². The summed E-state index contributed by atoms with van der Waals surface area (Å²) in [6.07, 6.45) is 7.10. The summed E-state index contributed by atoms with van der Waals surface area (Å²) in [6.45, 7) is 8.53. The smallest absolute Gasteiger partial charge is 0.105 e. The molecular formula is C16H22O. The largest absolute Gasteiger partial charge is 0.497 e. The summed E-state index contributed by atoms with van der Waals surface area (Å²) >= 11 is 0. The molecular weight excluding hydrogens is 208 g/mol. The van der Waals surface area contributed by atoms with Crippen LogP contribution in [0.3, 0.4) is 0 Å². The molecule has 0 radical (unpaired) electrons. The Kier molecular flexibility index (Phi) is 6.16. The molecule has 0 bridgehead atoms. The fraction of sp³-hybridized carbons (Fsp3) is 0.375. The van der Waals surface area contributed by atoms with E-state index in [4.69, 9.17) is 4.74 Å². The predicted octanol–water partition coefficient (Wildman–Crippen LogP) is 4.73. The molecule has 0 fully saturated rings. The van der Waals surface area contributed by atoms with E-state index in [-0.39, 0.29) is 0 Å². The third kappa shape index (κ3) is 4.90. The second-order valence-electron chi connectivity index (χ2n) is 4.23. The Labute approximate surface area is 105 Å². The maximum atomic E-state index is 5.45. The van der Waals surface area contributed by atoms with E-state index in [1.165, 1.54) is 29.5 Å². The van der Waals surface area contributed by atoms with Gasteiger partial charge in [-0.15, -0.1) is 0 Å². The highest BCUT2D eigenvalue weighted by Crippen LogP contribution is 2.21. The van der Waals surface area contributed by atoms with Gasteiger partial charge in [-0.05, 0) is 30.9 Å². The molecule has 0 heterocycles. The summed E-state index contributed by atoms with van der Waals surface area (Å²) in [5.41, 5.74) is 3.82. The number of hydrogen-bond acceptors (Lipinski definition) is 1. The maximum absolute atomic E-state index is 5.45. The van der Waals surface area contributed by atoms with E-state index in [1.54, 1.807) is 6.08 Å². The number of hydrogen-bond donors (Lipinski definition) is 0. The Balaban J connectivity index is 2.77. The minimum absolute atomic E-state index is 0.571. The molecule has 1 heteroatoms. The van der Waals surface area contributed by atoms with E-state index >= 15 is 0 Å². The van der Waals surface area contributed by atoms with Crippen molar-refractivity contribution in [3.63, 3.8) is 0 Å². The van der Waals surface area contributed by atoms with Crippen LogP contribution in [-0.2, 0) is 4.74 Å². The average molecular weight is 230 g/mol. The molecule has 1 aromatic rings. The average Bonchev–Trinajstić information content (AvgIpc) is 2.35. The fourth-order valence-corrected chi connectivity index (χ4v) is 1.62. The van der Waals surface area contributed by atoms with E-state index in [2.05, 4.69) is 44.7 Å². The molecule has 0 saturated carbocycles. The Morgan fingerprint density at radius 3 is 2.59 bits per heavy atom. The molecule has 0 aliphatic rings. The maximum Gasteiger partial charge on any atom is 0.105 e. The van der Waals surface area contributed by atoms with Crippen LogP contribution in [0, 0.1) is 6.92 Å². The zero-order valence-corrected chi connectivity index (χ0v) is 10.9. The molecule has 1 nitrogen and oxygen atoms in total. The molecule has 1 rings (SSSR count). The topological polar surface area (TPSA) is 9.23 Å². The normalized spacial score (nSPS) is 11.3. The second kappa shape index (κ2) is 7.72. The van der Waals surface area contributed by atoms with Crippen molar-refractivity contribution in [3.8, 4) is 0 Å². The third-order valence-electron chi connectivity index (χ3n) is 2.66. The lowest BCUT2D eigenvalue weighted by molar-refractivity contribution is 0.290. The zero-order valence-electron chi connectivity index (χ0n) is 10.9. The summed E-state index contributed by atoms with van der Waals surface area (Å²) in [6, 6.07) is 8.60. The van der Waals surface area contributed by atoms with Crippen LogP contribution >= 0.6 is 0 Å². The van der Waals surface area contributed by atoms with Gasteiger partial charge in [0.25, 0.3) is 0 Å². The Morgan fingerprint density at radius 1 is 1.29 bits per heavy atom. The SMILES string of the molecule is C=CCO/C=C(\CCCC)c1ccc(C)cc1. The lowest BCUT2D eigenvalue weighted by Gasteiger charge is -2.08. The van der Waals surface area contributed by atoms with Crippen LogP contribution in [0.1, 0.15) is 37.3 Å². The van der Waals surface area contributed by atoms with Gasteiger partial charge in [0.15, 0.2) is 0 Å². The molecule has 0 N–H and O–H groups in total. The van der Waals surface area contributed by atoms with Crippen molar-refractivity contribution in [1.29, 1.82) is 0 Å². The molecule has 17 heavy (non-hydrogen) atoms. The quantitative estimate of drug-likeness (QED) is 0.374. The first-order valence-electron chi connectivity index (χ1n) is 6.26. The first-order valence-corrected chi connectivity index (χ1v) is 6.26. The van der Waals surface area contributed by atoms with Gasteiger partial charge in [0.2, 0.25) is 0 Å². The van der Waals surface area contributed by atoms with Gasteiger partial charge in [0.05, 0.1) is 6.26 Å². The minimum Gasteiger partial charge on any atom is -0.497 e. The number of aryl methyl sites for hydroxylation is 1. The van der Waals surface area contributed by atoms with Crippen LogP contribution in [0.15, 0.2) is 43.2 Å². The number of unbranched alkanes of at least 4 members (excludes halogenated alkanes) is 1. The van der Waals surface area contributed by atoms with Gasteiger partial charge >= 0.3 is 0 Å². The van der Waals surface area contributed by atoms with Gasteiger partial charge in [-0.2, -0.15) is 0 Å². The number of rotatable bonds is 7. The molecule has 92 valence electrons. The Bertz CT molecular complexity index is 360. The van der Waals surface area contributed by atoms with Crippen LogP contribution in [-0.4, -0.2) is 6.61 Å². The number of ether oxygens (including phenoxy) is 1. The molecule has 0 unspecified atom stereocenters. The number of allylic oxidation sites excluding steroid dienone is 1. The van der Waals surface area contributed by atoms with E-state index < -0.39 is 0 Å². The minimum atomic E-state index is 0.571. The van der Waals surface area contributed by atoms with E-state index in [0.717, 1.165) is 6.42 Å². The van der Waals surface area contributed by atoms with Gasteiger partial charge in [-0.1, -0.05) is 55.8 Å². The van der Waals surface area contributed by atoms with Crippen molar-refractivity contribution in [2.75, 3.05) is 6.61 Å². The highest BCUT2D eigenvalue weighted by molar-refractivity contribution is 5.64. The second-order valence-corrected chi connectivity index (χ2v) is 4.23. The summed E-state index contributed by atoms with van der Waals surface area (Å²) in [5.74, 6) is 0. The van der Waals surface area contributed by atoms with Crippen LogP contribution in [0.25, 0.3) is 5.57 Å². The van der Waals surface area contributed by atoms with Crippen molar-refractivity contribution < 1.29 is 4.74 Å². The van der Waals surface area contributed by atoms with Crippen LogP contribution in [0.5, 0.6) is 0 Å². The molecule has 0 aromatic heterocycles. The molecule has 1 aromatic carbocycles. The number of benzene rings is 1. The van der Waals surface area contributed by atoms with E-state index in [0.29, 0.717) is 6.61 Å². The van der Waals surface area contributed by atoms with Gasteiger partial charge in [-0.25, -0.2) is 0 Å². The molecule has 0 spiro atoms. The Morgan fingerprint density at radius 2 is 2.00 bits per heavy atom. The van der Waals surface area contributed by atoms with Crippen molar-refractivity contribution in [3.05, 3.63) is 54.3 Å². The van der Waals surface area contributed by atoms with Crippen molar-refractivity contribution >= 4 is 5.57 Å². The Hall–Kier alpha value is -1.50. The molecule has 0 amide bonds. The van der Waals surface area contributed by atoms with Crippen molar-refractivity contribution in [1.82, 2.24) is 0 Å². The summed E-state index contributed by atoms with van der Waals surface area (Å²) in [7, 11) is 0. The van der Waals surface area contributed by atoms with Gasteiger partial charge in [0.1, 0.15) is 6.61 Å². The summed E-state index contributed by atoms with van der Waals surface area (Å²) in [4.78, 5) is 0. The van der Waals surface area contributed by atoms with Gasteiger partial charge in [0, 0.05) is 0 Å². The van der Waals surface area contributed by atoms with Crippen molar-refractivity contribution in [2.45, 2.75) is 33.1 Å². The lowest BCUT2D eigenvalue weighted by atomic mass is 10.0. The van der Waals surface area contributed by atoms with Gasteiger partial charge < -0.3 is 4.74 Å². The standard InChI is InChI=1S/C16H22O/c1-4-6-7-16(13-17-12-5-2)15-10-8-14(3)9-11-15/h5,8-11,13H,2,4,6-7,12H2,1,3H3/b16-13+. The summed E-state index contributed by atoms with van der Waals surface area (Å²) in [5, 5.41) is 0. The van der Waals surface area contributed by atoms with Crippen LogP contribution in [0.4, 0.5) is 0 Å². The lowest BCUT2D eigenvalue weighted by Crippen LogP contribution is -1.89. The highest BCUT2D eigenvalue weighted by atomic mass is 16.5. The van der Waals surface area contributed by atoms with Gasteiger partial charge in [-0.3, -0.25) is 0 Å². The molecule has 0 saturated heterocycles. The monoisotopic (exact) mass is 230 g/mol. The first kappa shape index (κ1) is 13.6. The van der Waals surface area contributed by atoms with Crippen molar-refractivity contribution in [2.24, 2.45) is 0 Å². The summed E-state index contributed by atoms with van der Waals surface area (Å²) < 4.78 is 5.45. The van der Waals surface area contributed by atoms with E-state index in [1.807, 2.05) is 6.26 Å². The molecule has 0 atom stereocenters. The third-order valence-corrected chi connectivity index (χ3v) is 2.66.